The van der Waals surface area contributed by atoms with Crippen LogP contribution in [-0.2, 0) is 12.8 Å². The van der Waals surface area contributed by atoms with Crippen LogP contribution in [0.5, 0.6) is 11.5 Å². The molecule has 2 rings (SSSR count). The van der Waals surface area contributed by atoms with Gasteiger partial charge in [0.25, 0.3) is 0 Å². The first kappa shape index (κ1) is 12.5. The summed E-state index contributed by atoms with van der Waals surface area (Å²) >= 11 is 0. The lowest BCUT2D eigenvalue weighted by Gasteiger charge is -2.10. The first-order valence-electron chi connectivity index (χ1n) is 6.29. The van der Waals surface area contributed by atoms with Gasteiger partial charge in [0, 0.05) is 5.56 Å². The highest BCUT2D eigenvalue weighted by Gasteiger charge is 2.07. The predicted molar refractivity (Wildman–Crippen MR) is 74.0 cm³/mol. The molecule has 0 bridgehead atoms. The highest BCUT2D eigenvalue weighted by Crippen LogP contribution is 2.33. The summed E-state index contributed by atoms with van der Waals surface area (Å²) in [4.78, 5) is 0. The summed E-state index contributed by atoms with van der Waals surface area (Å²) in [6.07, 6.45) is 1.92. The summed E-state index contributed by atoms with van der Waals surface area (Å²) in [5.41, 5.74) is 4.12. The molecule has 0 aromatic heterocycles. The third kappa shape index (κ3) is 2.48. The summed E-state index contributed by atoms with van der Waals surface area (Å²) in [5.74, 6) is 0.367. The van der Waals surface area contributed by atoms with Crippen LogP contribution in [0.25, 0.3) is 11.1 Å². The van der Waals surface area contributed by atoms with Crippen LogP contribution in [0.3, 0.4) is 0 Å². The average Bonchev–Trinajstić information content (AvgIpc) is 2.40. The van der Waals surface area contributed by atoms with E-state index < -0.39 is 0 Å². The maximum absolute atomic E-state index is 9.90. The first-order chi connectivity index (χ1) is 8.63. The molecule has 2 heteroatoms. The van der Waals surface area contributed by atoms with Crippen LogP contribution in [0.15, 0.2) is 36.4 Å². The van der Waals surface area contributed by atoms with Gasteiger partial charge in [0.15, 0.2) is 0 Å². The van der Waals surface area contributed by atoms with Crippen LogP contribution in [-0.4, -0.2) is 10.2 Å². The molecule has 2 N–H and O–H groups in total. The van der Waals surface area contributed by atoms with Gasteiger partial charge in [0.1, 0.15) is 11.5 Å². The van der Waals surface area contributed by atoms with Crippen molar-refractivity contribution in [3.8, 4) is 22.6 Å². The van der Waals surface area contributed by atoms with Crippen LogP contribution in [0, 0.1) is 0 Å². The Morgan fingerprint density at radius 2 is 1.44 bits per heavy atom. The van der Waals surface area contributed by atoms with E-state index in [0.29, 0.717) is 5.56 Å². The maximum Gasteiger partial charge on any atom is 0.123 e. The number of aromatic hydroxyl groups is 2. The molecule has 0 amide bonds. The van der Waals surface area contributed by atoms with Gasteiger partial charge in [-0.1, -0.05) is 32.0 Å². The van der Waals surface area contributed by atoms with Gasteiger partial charge >= 0.3 is 0 Å². The van der Waals surface area contributed by atoms with Gasteiger partial charge in [-0.05, 0) is 47.7 Å². The van der Waals surface area contributed by atoms with Gasteiger partial charge in [-0.3, -0.25) is 0 Å². The highest BCUT2D eigenvalue weighted by molar-refractivity contribution is 5.72. The molecule has 0 saturated carbocycles. The van der Waals surface area contributed by atoms with Crippen molar-refractivity contribution in [3.63, 3.8) is 0 Å². The van der Waals surface area contributed by atoms with E-state index in [1.165, 1.54) is 23.3 Å². The summed E-state index contributed by atoms with van der Waals surface area (Å²) in [6.45, 7) is 4.22. The van der Waals surface area contributed by atoms with Crippen LogP contribution >= 0.6 is 0 Å². The summed E-state index contributed by atoms with van der Waals surface area (Å²) in [5, 5.41) is 19.4. The molecular weight excluding hydrogens is 224 g/mol. The van der Waals surface area contributed by atoms with Crippen molar-refractivity contribution in [2.45, 2.75) is 26.7 Å². The van der Waals surface area contributed by atoms with E-state index in [1.54, 1.807) is 6.07 Å². The summed E-state index contributed by atoms with van der Waals surface area (Å²) in [7, 11) is 0. The van der Waals surface area contributed by atoms with Gasteiger partial charge in [-0.2, -0.15) is 0 Å². The molecule has 2 aromatic carbocycles. The molecule has 0 heterocycles. The molecule has 0 fully saturated rings. The van der Waals surface area contributed by atoms with Crippen LogP contribution in [0.2, 0.25) is 0 Å². The van der Waals surface area contributed by atoms with Crippen molar-refractivity contribution in [3.05, 3.63) is 47.5 Å². The largest absolute Gasteiger partial charge is 0.508 e. The molecule has 2 nitrogen and oxygen atoms in total. The predicted octanol–water partition coefficient (Wildman–Crippen LogP) is 3.89. The van der Waals surface area contributed by atoms with Gasteiger partial charge in [0.05, 0.1) is 0 Å². The molecule has 0 radical (unpaired) electrons. The average molecular weight is 242 g/mol. The second kappa shape index (κ2) is 5.13. The van der Waals surface area contributed by atoms with E-state index in [4.69, 9.17) is 0 Å². The number of phenolic OH excluding ortho intramolecular Hbond substituents is 2. The molecule has 0 atom stereocenters. The third-order valence-electron chi connectivity index (χ3n) is 3.16. The zero-order chi connectivity index (χ0) is 13.1. The fourth-order valence-electron chi connectivity index (χ4n) is 2.08. The number of hydrogen-bond donors (Lipinski definition) is 2. The number of hydrogen-bond acceptors (Lipinski definition) is 2. The Labute approximate surface area is 108 Å². The highest BCUT2D eigenvalue weighted by atomic mass is 16.3. The smallest absolute Gasteiger partial charge is 0.123 e. The van der Waals surface area contributed by atoms with Crippen LogP contribution in [0.4, 0.5) is 0 Å². The fourth-order valence-corrected chi connectivity index (χ4v) is 2.08. The van der Waals surface area contributed by atoms with E-state index in [2.05, 4.69) is 32.0 Å². The van der Waals surface area contributed by atoms with Gasteiger partial charge in [-0.25, -0.2) is 0 Å². The zero-order valence-electron chi connectivity index (χ0n) is 10.8. The molecule has 2 aromatic rings. The maximum atomic E-state index is 9.90. The molecule has 0 saturated heterocycles. The Morgan fingerprint density at radius 3 is 2.00 bits per heavy atom. The molecule has 18 heavy (non-hydrogen) atoms. The van der Waals surface area contributed by atoms with Crippen molar-refractivity contribution in [2.75, 3.05) is 0 Å². The van der Waals surface area contributed by atoms with Crippen molar-refractivity contribution >= 4 is 0 Å². The second-order valence-corrected chi connectivity index (χ2v) is 4.45. The molecule has 0 aliphatic heterocycles. The van der Waals surface area contributed by atoms with Crippen molar-refractivity contribution in [2.24, 2.45) is 0 Å². The van der Waals surface area contributed by atoms with E-state index in [1.807, 2.05) is 0 Å². The van der Waals surface area contributed by atoms with Crippen LogP contribution < -0.4 is 0 Å². The molecule has 94 valence electrons. The van der Waals surface area contributed by atoms with Crippen LogP contribution in [0.1, 0.15) is 25.0 Å². The Bertz CT molecular complexity index is 537. The lowest BCUT2D eigenvalue weighted by atomic mass is 9.97. The first-order valence-corrected chi connectivity index (χ1v) is 6.29. The van der Waals surface area contributed by atoms with Gasteiger partial charge in [-0.15, -0.1) is 0 Å². The number of aryl methyl sites for hydroxylation is 2. The number of benzene rings is 2. The monoisotopic (exact) mass is 242 g/mol. The topological polar surface area (TPSA) is 40.5 Å². The lowest BCUT2D eigenvalue weighted by Crippen LogP contribution is -1.89. The normalized spacial score (nSPS) is 10.6. The SMILES string of the molecule is CCc1cc(CC)cc(-c2cc(O)ccc2O)c1. The van der Waals surface area contributed by atoms with Crippen molar-refractivity contribution in [1.29, 1.82) is 0 Å². The number of phenols is 2. The molecule has 0 aliphatic rings. The van der Waals surface area contributed by atoms with E-state index in [-0.39, 0.29) is 11.5 Å². The molecular formula is C16H18O2. The van der Waals surface area contributed by atoms with E-state index >= 15 is 0 Å². The fraction of sp³-hybridized carbons (Fsp3) is 0.250. The standard InChI is InChI=1S/C16H18O2/c1-3-11-7-12(4-2)9-13(8-11)15-10-14(17)5-6-16(15)18/h5-10,17-18H,3-4H2,1-2H3. The van der Waals surface area contributed by atoms with Crippen molar-refractivity contribution < 1.29 is 10.2 Å². The Balaban J connectivity index is 2.58. The second-order valence-electron chi connectivity index (χ2n) is 4.45. The Kier molecular flexibility index (Phi) is 3.56. The van der Waals surface area contributed by atoms with E-state index in [0.717, 1.165) is 18.4 Å². The Morgan fingerprint density at radius 1 is 0.833 bits per heavy atom. The lowest BCUT2D eigenvalue weighted by molar-refractivity contribution is 0.462. The minimum Gasteiger partial charge on any atom is -0.508 e. The minimum atomic E-state index is 0.169. The molecule has 0 unspecified atom stereocenters. The zero-order valence-corrected chi connectivity index (χ0v) is 10.8. The number of rotatable bonds is 3. The molecule has 0 spiro atoms. The molecule has 0 aliphatic carbocycles. The quantitative estimate of drug-likeness (QED) is 0.802. The Hall–Kier alpha value is -1.96. The van der Waals surface area contributed by atoms with E-state index in [9.17, 15) is 10.2 Å². The van der Waals surface area contributed by atoms with Gasteiger partial charge in [0.2, 0.25) is 0 Å². The summed E-state index contributed by atoms with van der Waals surface area (Å²) < 4.78 is 0. The van der Waals surface area contributed by atoms with Gasteiger partial charge < -0.3 is 10.2 Å². The minimum absolute atomic E-state index is 0.169. The third-order valence-corrected chi connectivity index (χ3v) is 3.16. The van der Waals surface area contributed by atoms with Crippen molar-refractivity contribution in [1.82, 2.24) is 0 Å². The summed E-state index contributed by atoms with van der Waals surface area (Å²) in [6, 6.07) is 10.9.